The molecule has 0 radical (unpaired) electrons. The molecule has 7 heteroatoms. The molecule has 0 aliphatic carbocycles. The number of nitrogens with one attached hydrogen (secondary N) is 1. The average Bonchev–Trinajstić information content (AvgIpc) is 3.69. The number of hydrogen-bond acceptors (Lipinski definition) is 4. The zero-order chi connectivity index (χ0) is 24.3. The number of benzene rings is 1. The zero-order valence-electron chi connectivity index (χ0n) is 19.7. The van der Waals surface area contributed by atoms with Crippen molar-refractivity contribution >= 4 is 0 Å². The monoisotopic (exact) mass is 472 g/mol. The maximum Gasteiger partial charge on any atom is 0.132 e. The molecule has 0 unspecified atom stereocenters. The lowest BCUT2D eigenvalue weighted by molar-refractivity contribution is 0.302. The third-order valence-electron chi connectivity index (χ3n) is 5.99. The highest BCUT2D eigenvalue weighted by Crippen LogP contribution is 2.28. The average molecular weight is 473 g/mol. The predicted octanol–water partition coefficient (Wildman–Crippen LogP) is 5.91. The number of ether oxygens (including phenoxy) is 1. The number of aromatic amines is 1. The highest BCUT2D eigenvalue weighted by atomic mass is 16.5. The van der Waals surface area contributed by atoms with Crippen molar-refractivity contribution in [2.45, 2.75) is 6.61 Å². The van der Waals surface area contributed by atoms with Crippen molar-refractivity contribution in [3.8, 4) is 45.2 Å². The number of pyridine rings is 2. The van der Waals surface area contributed by atoms with Gasteiger partial charge in [0.25, 0.3) is 0 Å². The summed E-state index contributed by atoms with van der Waals surface area (Å²) in [4.78, 5) is 16.7. The van der Waals surface area contributed by atoms with Gasteiger partial charge in [-0.15, -0.1) is 0 Å². The summed E-state index contributed by atoms with van der Waals surface area (Å²) < 4.78 is 9.83. The molecule has 0 atom stereocenters. The molecule has 0 aliphatic heterocycles. The van der Waals surface area contributed by atoms with Crippen LogP contribution in [-0.4, -0.2) is 29.1 Å². The van der Waals surface area contributed by atoms with Gasteiger partial charge in [0.15, 0.2) is 0 Å². The van der Waals surface area contributed by atoms with Crippen LogP contribution in [0.25, 0.3) is 39.5 Å². The Hall–Kier alpha value is -4.91. The van der Waals surface area contributed by atoms with Gasteiger partial charge >= 0.3 is 0 Å². The second-order valence-electron chi connectivity index (χ2n) is 8.57. The molecule has 1 N–H and O–H groups in total. The Morgan fingerprint density at radius 2 is 1.67 bits per heavy atom. The molecule has 5 heterocycles. The first kappa shape index (κ1) is 21.6. The van der Waals surface area contributed by atoms with Crippen molar-refractivity contribution in [3.05, 3.63) is 116 Å². The van der Waals surface area contributed by atoms with Crippen LogP contribution in [0.3, 0.4) is 0 Å². The quantitative estimate of drug-likeness (QED) is 0.314. The Bertz CT molecular complexity index is 1590. The fourth-order valence-electron chi connectivity index (χ4n) is 4.12. The molecule has 1 aromatic carbocycles. The molecule has 176 valence electrons. The van der Waals surface area contributed by atoms with Crippen molar-refractivity contribution in [2.75, 3.05) is 0 Å². The fourth-order valence-corrected chi connectivity index (χ4v) is 4.12. The maximum atomic E-state index is 5.86. The second-order valence-corrected chi connectivity index (χ2v) is 8.57. The van der Waals surface area contributed by atoms with E-state index in [1.54, 1.807) is 6.33 Å². The van der Waals surface area contributed by atoms with E-state index in [1.165, 1.54) is 0 Å². The highest BCUT2D eigenvalue weighted by molar-refractivity contribution is 5.71. The zero-order valence-corrected chi connectivity index (χ0v) is 19.7. The van der Waals surface area contributed by atoms with E-state index in [2.05, 4.69) is 48.9 Å². The van der Waals surface area contributed by atoms with Crippen LogP contribution in [0.4, 0.5) is 0 Å². The summed E-state index contributed by atoms with van der Waals surface area (Å²) >= 11 is 0. The van der Waals surface area contributed by atoms with E-state index in [-0.39, 0.29) is 0 Å². The van der Waals surface area contributed by atoms with E-state index < -0.39 is 0 Å². The number of aromatic nitrogens is 6. The first-order valence-electron chi connectivity index (χ1n) is 11.7. The molecule has 0 spiro atoms. The number of rotatable bonds is 7. The summed E-state index contributed by atoms with van der Waals surface area (Å²) in [5.74, 6) is 1.78. The first-order chi connectivity index (χ1) is 17.7. The standard InChI is InChI=1S/C29H24N6O/c1-34-18-25(33-20-34)19-36-26-7-5-21(6-8-26)28-14-22(9-12-31-28)24-15-29(32-16-24)35-13-10-23(17-35)27-4-2-3-11-30-27/h2-18,20,32H,19H2,1H3. The maximum absolute atomic E-state index is 5.86. The molecular formula is C29H24N6O. The fraction of sp³-hybridized carbons (Fsp3) is 0.0690. The van der Waals surface area contributed by atoms with E-state index >= 15 is 0 Å². The van der Waals surface area contributed by atoms with Gasteiger partial charge in [-0.2, -0.15) is 0 Å². The molecule has 0 aliphatic rings. The van der Waals surface area contributed by atoms with Crippen LogP contribution in [-0.2, 0) is 13.7 Å². The number of hydrogen-bond donors (Lipinski definition) is 1. The molecule has 7 nitrogen and oxygen atoms in total. The van der Waals surface area contributed by atoms with E-state index in [0.717, 1.165) is 50.9 Å². The molecule has 0 amide bonds. The third-order valence-corrected chi connectivity index (χ3v) is 5.99. The highest BCUT2D eigenvalue weighted by Gasteiger charge is 2.09. The molecule has 5 aromatic heterocycles. The van der Waals surface area contributed by atoms with Crippen LogP contribution in [0, 0.1) is 0 Å². The largest absolute Gasteiger partial charge is 0.487 e. The lowest BCUT2D eigenvalue weighted by Gasteiger charge is -2.07. The minimum atomic E-state index is 0.439. The van der Waals surface area contributed by atoms with E-state index in [9.17, 15) is 0 Å². The van der Waals surface area contributed by atoms with Crippen LogP contribution in [0.1, 0.15) is 5.69 Å². The van der Waals surface area contributed by atoms with Gasteiger partial charge in [0, 0.05) is 60.9 Å². The molecular weight excluding hydrogens is 448 g/mol. The summed E-state index contributed by atoms with van der Waals surface area (Å²) in [5, 5.41) is 0. The minimum Gasteiger partial charge on any atom is -0.487 e. The van der Waals surface area contributed by atoms with Gasteiger partial charge in [-0.1, -0.05) is 6.07 Å². The minimum absolute atomic E-state index is 0.439. The van der Waals surface area contributed by atoms with Crippen LogP contribution in [0.2, 0.25) is 0 Å². The van der Waals surface area contributed by atoms with E-state index in [0.29, 0.717) is 6.61 Å². The van der Waals surface area contributed by atoms with Gasteiger partial charge in [-0.3, -0.25) is 9.97 Å². The van der Waals surface area contributed by atoms with Gasteiger partial charge in [0.05, 0.1) is 23.4 Å². The van der Waals surface area contributed by atoms with Crippen LogP contribution >= 0.6 is 0 Å². The van der Waals surface area contributed by atoms with E-state index in [4.69, 9.17) is 4.74 Å². The number of aryl methyl sites for hydroxylation is 1. The number of H-pyrrole nitrogens is 1. The smallest absolute Gasteiger partial charge is 0.132 e. The number of nitrogens with zero attached hydrogens (tertiary/aromatic N) is 5. The summed E-state index contributed by atoms with van der Waals surface area (Å²) in [6, 6.07) is 22.2. The lowest BCUT2D eigenvalue weighted by Crippen LogP contribution is -1.95. The van der Waals surface area contributed by atoms with Gasteiger partial charge in [-0.05, 0) is 66.2 Å². The predicted molar refractivity (Wildman–Crippen MR) is 140 cm³/mol. The van der Waals surface area contributed by atoms with Gasteiger partial charge in [0.1, 0.15) is 18.2 Å². The van der Waals surface area contributed by atoms with Crippen molar-refractivity contribution in [1.29, 1.82) is 0 Å². The van der Waals surface area contributed by atoms with Crippen LogP contribution in [0.15, 0.2) is 110 Å². The topological polar surface area (TPSA) is 73.6 Å². The molecule has 6 rings (SSSR count). The lowest BCUT2D eigenvalue weighted by atomic mass is 10.1. The molecule has 0 fully saturated rings. The number of imidazole rings is 1. The molecule has 0 saturated heterocycles. The van der Waals surface area contributed by atoms with Crippen molar-refractivity contribution in [3.63, 3.8) is 0 Å². The Balaban J connectivity index is 1.18. The molecule has 0 saturated carbocycles. The van der Waals surface area contributed by atoms with Crippen molar-refractivity contribution in [2.24, 2.45) is 7.05 Å². The van der Waals surface area contributed by atoms with Gasteiger partial charge < -0.3 is 18.9 Å². The van der Waals surface area contributed by atoms with Gasteiger partial charge in [0.2, 0.25) is 0 Å². The SMILES string of the molecule is Cn1cnc(COc2ccc(-c3cc(-c4c[nH]c(-n5ccc(-c6ccccn6)c5)c4)ccn3)cc2)c1. The summed E-state index contributed by atoms with van der Waals surface area (Å²) in [5.41, 5.74) is 7.05. The van der Waals surface area contributed by atoms with Crippen LogP contribution < -0.4 is 4.74 Å². The summed E-state index contributed by atoms with van der Waals surface area (Å²) in [6.45, 7) is 0.439. The molecule has 0 bridgehead atoms. The first-order valence-corrected chi connectivity index (χ1v) is 11.7. The summed E-state index contributed by atoms with van der Waals surface area (Å²) in [6.07, 6.45) is 13.5. The Morgan fingerprint density at radius 3 is 2.47 bits per heavy atom. The van der Waals surface area contributed by atoms with E-state index in [1.807, 2.05) is 91.1 Å². The molecule has 6 aromatic rings. The van der Waals surface area contributed by atoms with Crippen molar-refractivity contribution in [1.82, 2.24) is 29.1 Å². The molecule has 36 heavy (non-hydrogen) atoms. The van der Waals surface area contributed by atoms with Crippen LogP contribution in [0.5, 0.6) is 5.75 Å². The van der Waals surface area contributed by atoms with Gasteiger partial charge in [-0.25, -0.2) is 4.98 Å². The van der Waals surface area contributed by atoms with Crippen molar-refractivity contribution < 1.29 is 4.74 Å². The normalized spacial score (nSPS) is 11.0. The second kappa shape index (κ2) is 9.38. The Labute approximate surface area is 208 Å². The Morgan fingerprint density at radius 1 is 0.778 bits per heavy atom. The third kappa shape index (κ3) is 4.54. The Kier molecular flexibility index (Phi) is 5.63. The summed E-state index contributed by atoms with van der Waals surface area (Å²) in [7, 11) is 1.95.